The number of rotatable bonds is 8. The summed E-state index contributed by atoms with van der Waals surface area (Å²) in [6.45, 7) is 5.90. The molecule has 1 aliphatic rings. The predicted molar refractivity (Wildman–Crippen MR) is 108 cm³/mol. The molecule has 0 radical (unpaired) electrons. The molecule has 2 heterocycles. The molecule has 144 valence electrons. The summed E-state index contributed by atoms with van der Waals surface area (Å²) in [6, 6.07) is 12.2. The van der Waals surface area contributed by atoms with Crippen LogP contribution in [0.15, 0.2) is 36.4 Å². The average Bonchev–Trinajstić information content (AvgIpc) is 3.29. The van der Waals surface area contributed by atoms with E-state index in [0.717, 1.165) is 23.5 Å². The molecule has 1 fully saturated rings. The first kappa shape index (κ1) is 19.5. The van der Waals surface area contributed by atoms with E-state index < -0.39 is 5.91 Å². The van der Waals surface area contributed by atoms with Gasteiger partial charge in [-0.3, -0.25) is 9.59 Å². The summed E-state index contributed by atoms with van der Waals surface area (Å²) in [6.07, 6.45) is 2.51. The number of anilines is 1. The van der Waals surface area contributed by atoms with Gasteiger partial charge in [0.15, 0.2) is 6.54 Å². The van der Waals surface area contributed by atoms with E-state index in [1.54, 1.807) is 11.0 Å². The Morgan fingerprint density at radius 3 is 2.81 bits per heavy atom. The number of carbonyl (C=O) groups is 2. The van der Waals surface area contributed by atoms with Crippen molar-refractivity contribution in [2.75, 3.05) is 31.5 Å². The van der Waals surface area contributed by atoms with Crippen LogP contribution in [0, 0.1) is 0 Å². The number of likely N-dealkylation sites (tertiary alicyclic amines) is 1. The molecule has 2 amide bonds. The molecule has 0 bridgehead atoms. The minimum Gasteiger partial charge on any atom is -0.366 e. The SMILES string of the molecule is CC[NH+]1CCC[C@H]1C[NH2+]CC(=O)Nc1sc(-c2ccccc2)cc1C(N)=O. The van der Waals surface area contributed by atoms with Crippen LogP contribution < -0.4 is 21.3 Å². The van der Waals surface area contributed by atoms with Crippen molar-refractivity contribution < 1.29 is 19.8 Å². The van der Waals surface area contributed by atoms with Crippen LogP contribution in [0.1, 0.15) is 30.1 Å². The maximum absolute atomic E-state index is 12.4. The zero-order chi connectivity index (χ0) is 19.2. The molecule has 0 saturated carbocycles. The standard InChI is InChI=1S/C20H26N4O2S/c1-2-24-10-6-9-15(24)12-22-13-18(25)23-20-16(19(21)26)11-17(27-20)14-7-4-3-5-8-14/h3-5,7-8,11,15,22H,2,6,9-10,12-13H2,1H3,(H2,21,26)(H,23,25)/p+2/t15-/m0/s1. The molecule has 0 aliphatic carbocycles. The third-order valence-corrected chi connectivity index (χ3v) is 6.27. The van der Waals surface area contributed by atoms with Gasteiger partial charge < -0.3 is 21.3 Å². The summed E-state index contributed by atoms with van der Waals surface area (Å²) in [5, 5.41) is 5.47. The number of carbonyl (C=O) groups excluding carboxylic acids is 2. The maximum atomic E-state index is 12.4. The Kier molecular flexibility index (Phi) is 6.60. The Balaban J connectivity index is 1.60. The molecule has 3 rings (SSSR count). The first-order chi connectivity index (χ1) is 13.1. The third-order valence-electron chi connectivity index (χ3n) is 5.17. The fraction of sp³-hybridized carbons (Fsp3) is 0.400. The van der Waals surface area contributed by atoms with Crippen molar-refractivity contribution in [3.8, 4) is 10.4 Å². The van der Waals surface area contributed by atoms with Crippen LogP contribution in [-0.4, -0.2) is 44.0 Å². The van der Waals surface area contributed by atoms with Crippen LogP contribution in [-0.2, 0) is 4.79 Å². The molecular formula is C20H28N4O2S+2. The first-order valence-electron chi connectivity index (χ1n) is 9.53. The lowest BCUT2D eigenvalue weighted by atomic mass is 10.1. The number of primary amides is 1. The summed E-state index contributed by atoms with van der Waals surface area (Å²) in [7, 11) is 0. The lowest BCUT2D eigenvalue weighted by Crippen LogP contribution is -3.16. The van der Waals surface area contributed by atoms with Gasteiger partial charge in [-0.05, 0) is 18.6 Å². The van der Waals surface area contributed by atoms with Gasteiger partial charge in [-0.2, -0.15) is 0 Å². The monoisotopic (exact) mass is 388 g/mol. The van der Waals surface area contributed by atoms with E-state index in [4.69, 9.17) is 5.73 Å². The largest absolute Gasteiger partial charge is 0.366 e. The third kappa shape index (κ3) is 4.94. The molecule has 1 unspecified atom stereocenters. The van der Waals surface area contributed by atoms with Crippen molar-refractivity contribution in [1.29, 1.82) is 0 Å². The average molecular weight is 389 g/mol. The summed E-state index contributed by atoms with van der Waals surface area (Å²) < 4.78 is 0. The van der Waals surface area contributed by atoms with E-state index in [2.05, 4.69) is 17.6 Å². The van der Waals surface area contributed by atoms with Crippen LogP contribution >= 0.6 is 11.3 Å². The summed E-state index contributed by atoms with van der Waals surface area (Å²) >= 11 is 1.38. The minimum absolute atomic E-state index is 0.102. The van der Waals surface area contributed by atoms with E-state index >= 15 is 0 Å². The molecule has 27 heavy (non-hydrogen) atoms. The van der Waals surface area contributed by atoms with Crippen molar-refractivity contribution in [3.05, 3.63) is 42.0 Å². The maximum Gasteiger partial charge on any atom is 0.280 e. The number of amides is 2. The number of thiophene rings is 1. The molecule has 1 aromatic heterocycles. The Labute approximate surface area is 163 Å². The Morgan fingerprint density at radius 1 is 1.33 bits per heavy atom. The minimum atomic E-state index is -0.527. The van der Waals surface area contributed by atoms with Crippen LogP contribution in [0.5, 0.6) is 0 Å². The van der Waals surface area contributed by atoms with Gasteiger partial charge in [-0.25, -0.2) is 0 Å². The highest BCUT2D eigenvalue weighted by Gasteiger charge is 2.28. The molecule has 0 spiro atoms. The Bertz CT molecular complexity index is 791. The van der Waals surface area contributed by atoms with Gasteiger partial charge in [0, 0.05) is 17.7 Å². The Morgan fingerprint density at radius 2 is 2.11 bits per heavy atom. The quantitative estimate of drug-likeness (QED) is 0.516. The number of benzene rings is 1. The van der Waals surface area contributed by atoms with Crippen molar-refractivity contribution in [3.63, 3.8) is 0 Å². The Hall–Kier alpha value is -2.22. The fourth-order valence-electron chi connectivity index (χ4n) is 3.74. The van der Waals surface area contributed by atoms with Crippen LogP contribution in [0.4, 0.5) is 5.00 Å². The molecule has 2 aromatic rings. The molecule has 7 heteroatoms. The number of nitrogens with two attached hydrogens (primary N) is 2. The molecule has 2 atom stereocenters. The molecule has 1 aliphatic heterocycles. The fourth-order valence-corrected chi connectivity index (χ4v) is 4.82. The van der Waals surface area contributed by atoms with Crippen LogP contribution in [0.2, 0.25) is 0 Å². The number of likely N-dealkylation sites (N-methyl/N-ethyl adjacent to an activating group) is 1. The van der Waals surface area contributed by atoms with Gasteiger partial charge in [0.25, 0.3) is 11.8 Å². The van der Waals surface area contributed by atoms with Gasteiger partial charge in [0.1, 0.15) is 17.6 Å². The molecule has 1 saturated heterocycles. The highest BCUT2D eigenvalue weighted by molar-refractivity contribution is 7.20. The van der Waals surface area contributed by atoms with E-state index in [1.807, 2.05) is 30.3 Å². The highest BCUT2D eigenvalue weighted by atomic mass is 32.1. The second kappa shape index (κ2) is 9.12. The van der Waals surface area contributed by atoms with Gasteiger partial charge in [0.2, 0.25) is 0 Å². The zero-order valence-electron chi connectivity index (χ0n) is 15.7. The molecule has 6 nitrogen and oxygen atoms in total. The molecule has 1 aromatic carbocycles. The van der Waals surface area contributed by atoms with Gasteiger partial charge in [-0.1, -0.05) is 30.3 Å². The van der Waals surface area contributed by atoms with Gasteiger partial charge in [-0.15, -0.1) is 11.3 Å². The van der Waals surface area contributed by atoms with Crippen molar-refractivity contribution in [2.24, 2.45) is 5.73 Å². The number of nitrogens with one attached hydrogen (secondary N) is 2. The molecular weight excluding hydrogens is 360 g/mol. The highest BCUT2D eigenvalue weighted by Crippen LogP contribution is 2.35. The number of quaternary nitrogens is 2. The van der Waals surface area contributed by atoms with Crippen LogP contribution in [0.3, 0.4) is 0 Å². The van der Waals surface area contributed by atoms with Crippen LogP contribution in [0.25, 0.3) is 10.4 Å². The lowest BCUT2D eigenvalue weighted by Gasteiger charge is -2.18. The molecule has 6 N–H and O–H groups in total. The van der Waals surface area contributed by atoms with Crippen molar-refractivity contribution in [1.82, 2.24) is 0 Å². The summed E-state index contributed by atoms with van der Waals surface area (Å²) in [5.41, 5.74) is 6.87. The van der Waals surface area contributed by atoms with E-state index in [9.17, 15) is 9.59 Å². The summed E-state index contributed by atoms with van der Waals surface area (Å²) in [4.78, 5) is 26.7. The number of hydrogen-bond acceptors (Lipinski definition) is 3. The first-order valence-corrected chi connectivity index (χ1v) is 10.3. The summed E-state index contributed by atoms with van der Waals surface area (Å²) in [5.74, 6) is -0.629. The normalized spacial score (nSPS) is 19.1. The topological polar surface area (TPSA) is 93.2 Å². The lowest BCUT2D eigenvalue weighted by molar-refractivity contribution is -0.923. The second-order valence-corrected chi connectivity index (χ2v) is 8.01. The smallest absolute Gasteiger partial charge is 0.280 e. The van der Waals surface area contributed by atoms with Gasteiger partial charge in [0.05, 0.1) is 18.7 Å². The predicted octanol–water partition coefficient (Wildman–Crippen LogP) is 0.0831. The number of hydrogen-bond donors (Lipinski definition) is 4. The van der Waals surface area contributed by atoms with E-state index in [-0.39, 0.29) is 5.91 Å². The second-order valence-electron chi connectivity index (χ2n) is 6.96. The van der Waals surface area contributed by atoms with Crippen molar-refractivity contribution in [2.45, 2.75) is 25.8 Å². The van der Waals surface area contributed by atoms with Crippen molar-refractivity contribution >= 4 is 28.2 Å². The van der Waals surface area contributed by atoms with E-state index in [1.165, 1.54) is 30.7 Å². The van der Waals surface area contributed by atoms with E-state index in [0.29, 0.717) is 23.2 Å². The zero-order valence-corrected chi connectivity index (χ0v) is 16.5. The van der Waals surface area contributed by atoms with Gasteiger partial charge >= 0.3 is 0 Å².